The van der Waals surface area contributed by atoms with Crippen molar-refractivity contribution in [2.45, 2.75) is 13.5 Å². The van der Waals surface area contributed by atoms with E-state index in [1.807, 2.05) is 18.3 Å². The highest BCUT2D eigenvalue weighted by Crippen LogP contribution is 1.92. The molecule has 0 aromatic carbocycles. The summed E-state index contributed by atoms with van der Waals surface area (Å²) in [7, 11) is 0. The molecule has 0 amide bonds. The minimum atomic E-state index is -0.611. The number of aromatic nitrogens is 1. The highest BCUT2D eigenvalue weighted by atomic mass is 16.6. The molecule has 0 aliphatic carbocycles. The Balaban J connectivity index is 0.000000385. The average molecular weight is 224 g/mol. The largest absolute Gasteiger partial charge is 0.264 e. The Kier molecular flexibility index (Phi) is 8.66. The molecule has 16 heavy (non-hydrogen) atoms. The molecule has 0 unspecified atom stereocenters. The van der Waals surface area contributed by atoms with Crippen LogP contribution in [0.15, 0.2) is 37.3 Å². The predicted molar refractivity (Wildman–Crippen MR) is 61.9 cm³/mol. The van der Waals surface area contributed by atoms with E-state index < -0.39 is 4.92 Å². The Hall–Kier alpha value is -1.79. The molecule has 0 saturated carbocycles. The molecule has 0 spiro atoms. The first-order valence-corrected chi connectivity index (χ1v) is 4.81. The van der Waals surface area contributed by atoms with Crippen LogP contribution in [0.2, 0.25) is 0 Å². The van der Waals surface area contributed by atoms with Gasteiger partial charge in [0.15, 0.2) is 0 Å². The summed E-state index contributed by atoms with van der Waals surface area (Å²) in [6, 6.07) is 3.97. The van der Waals surface area contributed by atoms with E-state index in [4.69, 9.17) is 10.1 Å². The lowest BCUT2D eigenvalue weighted by Crippen LogP contribution is -2.30. The lowest BCUT2D eigenvalue weighted by molar-refractivity contribution is -0.401. The van der Waals surface area contributed by atoms with Gasteiger partial charge in [-0.2, -0.15) is 0 Å². The van der Waals surface area contributed by atoms with E-state index >= 15 is 0 Å². The summed E-state index contributed by atoms with van der Waals surface area (Å²) >= 11 is 0. The zero-order valence-corrected chi connectivity index (χ0v) is 9.22. The van der Waals surface area contributed by atoms with Crippen LogP contribution in [-0.2, 0) is 6.54 Å². The summed E-state index contributed by atoms with van der Waals surface area (Å²) < 4.78 is 0. The van der Waals surface area contributed by atoms with Gasteiger partial charge in [-0.05, 0) is 18.2 Å². The molecule has 0 atom stereocenters. The quantitative estimate of drug-likeness (QED) is 0.445. The van der Waals surface area contributed by atoms with Crippen LogP contribution < -0.4 is 10.9 Å². The lowest BCUT2D eigenvalue weighted by Gasteiger charge is -2.02. The van der Waals surface area contributed by atoms with Gasteiger partial charge < -0.3 is 0 Å². The van der Waals surface area contributed by atoms with Crippen molar-refractivity contribution in [1.82, 2.24) is 15.8 Å². The van der Waals surface area contributed by atoms with E-state index in [1.165, 1.54) is 5.56 Å². The van der Waals surface area contributed by atoms with E-state index in [9.17, 15) is 0 Å². The zero-order valence-electron chi connectivity index (χ0n) is 9.22. The van der Waals surface area contributed by atoms with Gasteiger partial charge in [0.2, 0.25) is 6.20 Å². The molecule has 0 saturated heterocycles. The standard InChI is InChI=1S/C8H13N3.C2H3NO2/c1-2-10-11-7-8-4-3-5-9-6-8;1-2-3(4)5/h3-6,10-11H,2,7H2,1H3;2H,1H2. The molecule has 0 bridgehead atoms. The SMILES string of the molecule is C=C[N+](=O)[O-].CCNNCc1cccnc1. The van der Waals surface area contributed by atoms with E-state index in [2.05, 4.69) is 29.3 Å². The van der Waals surface area contributed by atoms with Gasteiger partial charge in [-0.1, -0.05) is 13.0 Å². The molecule has 1 aromatic heterocycles. The lowest BCUT2D eigenvalue weighted by atomic mass is 10.3. The van der Waals surface area contributed by atoms with Crippen LogP contribution >= 0.6 is 0 Å². The van der Waals surface area contributed by atoms with Crippen molar-refractivity contribution in [3.63, 3.8) is 0 Å². The maximum atomic E-state index is 9.06. The number of nitro groups is 1. The van der Waals surface area contributed by atoms with Crippen LogP contribution in [0.1, 0.15) is 12.5 Å². The molecule has 0 fully saturated rings. The first-order valence-electron chi connectivity index (χ1n) is 4.81. The normalized spacial score (nSPS) is 8.81. The van der Waals surface area contributed by atoms with Gasteiger partial charge in [0.25, 0.3) is 0 Å². The Bertz CT molecular complexity index is 303. The fourth-order valence-electron chi connectivity index (χ4n) is 0.792. The molecular weight excluding hydrogens is 208 g/mol. The minimum absolute atomic E-state index is 0.611. The second-order valence-corrected chi connectivity index (χ2v) is 2.71. The molecule has 6 nitrogen and oxygen atoms in total. The molecule has 0 aliphatic heterocycles. The number of hydrogen-bond donors (Lipinski definition) is 2. The topological polar surface area (TPSA) is 80.1 Å². The van der Waals surface area contributed by atoms with Gasteiger partial charge in [0.05, 0.1) is 4.92 Å². The fourth-order valence-corrected chi connectivity index (χ4v) is 0.792. The van der Waals surface area contributed by atoms with Crippen molar-refractivity contribution >= 4 is 0 Å². The third kappa shape index (κ3) is 8.79. The average Bonchev–Trinajstić information content (AvgIpc) is 2.31. The number of pyridine rings is 1. The van der Waals surface area contributed by atoms with Crippen molar-refractivity contribution in [2.75, 3.05) is 6.54 Å². The summed E-state index contributed by atoms with van der Waals surface area (Å²) in [6.07, 6.45) is 4.26. The van der Waals surface area contributed by atoms with Crippen molar-refractivity contribution in [2.24, 2.45) is 0 Å². The van der Waals surface area contributed by atoms with Crippen LogP contribution in [0, 0.1) is 10.1 Å². The molecule has 0 radical (unpaired) electrons. The molecule has 1 aromatic rings. The fraction of sp³-hybridized carbons (Fsp3) is 0.300. The molecular formula is C10H16N4O2. The van der Waals surface area contributed by atoms with Gasteiger partial charge in [-0.15, -0.1) is 0 Å². The minimum Gasteiger partial charge on any atom is -0.264 e. The summed E-state index contributed by atoms with van der Waals surface area (Å²) in [4.78, 5) is 12.4. The van der Waals surface area contributed by atoms with Gasteiger partial charge in [0, 0.05) is 25.5 Å². The van der Waals surface area contributed by atoms with Gasteiger partial charge in [-0.3, -0.25) is 25.9 Å². The number of nitrogens with one attached hydrogen (secondary N) is 2. The number of rotatable bonds is 5. The maximum absolute atomic E-state index is 9.06. The molecule has 1 heterocycles. The Morgan fingerprint density at radius 3 is 2.75 bits per heavy atom. The van der Waals surface area contributed by atoms with Crippen LogP contribution in [0.25, 0.3) is 0 Å². The Labute approximate surface area is 94.5 Å². The summed E-state index contributed by atoms with van der Waals surface area (Å²) in [5.41, 5.74) is 7.27. The third-order valence-corrected chi connectivity index (χ3v) is 1.47. The third-order valence-electron chi connectivity index (χ3n) is 1.47. The first-order chi connectivity index (χ1) is 7.70. The second-order valence-electron chi connectivity index (χ2n) is 2.71. The molecule has 88 valence electrons. The highest BCUT2D eigenvalue weighted by Gasteiger charge is 1.87. The van der Waals surface area contributed by atoms with Crippen LogP contribution in [0.3, 0.4) is 0 Å². The van der Waals surface area contributed by atoms with Crippen molar-refractivity contribution in [3.05, 3.63) is 53.0 Å². The van der Waals surface area contributed by atoms with Crippen LogP contribution in [-0.4, -0.2) is 16.5 Å². The van der Waals surface area contributed by atoms with E-state index in [0.29, 0.717) is 6.20 Å². The summed E-state index contributed by atoms with van der Waals surface area (Å²) in [5, 5.41) is 9.06. The van der Waals surface area contributed by atoms with E-state index in [-0.39, 0.29) is 0 Å². The summed E-state index contributed by atoms with van der Waals surface area (Å²) in [5.74, 6) is 0. The van der Waals surface area contributed by atoms with Gasteiger partial charge in [0.1, 0.15) is 0 Å². The molecule has 6 heteroatoms. The van der Waals surface area contributed by atoms with Crippen molar-refractivity contribution < 1.29 is 4.92 Å². The zero-order chi connectivity index (χ0) is 12.2. The van der Waals surface area contributed by atoms with Crippen LogP contribution in [0.5, 0.6) is 0 Å². The Morgan fingerprint density at radius 2 is 2.31 bits per heavy atom. The Morgan fingerprint density at radius 1 is 1.62 bits per heavy atom. The second kappa shape index (κ2) is 9.75. The first kappa shape index (κ1) is 14.2. The summed E-state index contributed by atoms with van der Waals surface area (Å²) in [6.45, 7) is 6.66. The maximum Gasteiger partial charge on any atom is 0.227 e. The van der Waals surface area contributed by atoms with Gasteiger partial charge >= 0.3 is 0 Å². The number of hydrogen-bond acceptors (Lipinski definition) is 5. The van der Waals surface area contributed by atoms with E-state index in [1.54, 1.807) is 6.20 Å². The smallest absolute Gasteiger partial charge is 0.227 e. The van der Waals surface area contributed by atoms with Gasteiger partial charge in [-0.25, -0.2) is 0 Å². The van der Waals surface area contributed by atoms with Crippen molar-refractivity contribution in [3.8, 4) is 0 Å². The molecule has 1 rings (SSSR count). The number of nitrogens with zero attached hydrogens (tertiary/aromatic N) is 2. The molecule has 0 aliphatic rings. The highest BCUT2D eigenvalue weighted by molar-refractivity contribution is 5.07. The monoisotopic (exact) mass is 224 g/mol. The molecule has 2 N–H and O–H groups in total. The van der Waals surface area contributed by atoms with Crippen molar-refractivity contribution in [1.29, 1.82) is 0 Å². The number of hydrazine groups is 1. The van der Waals surface area contributed by atoms with Crippen LogP contribution in [0.4, 0.5) is 0 Å². The van der Waals surface area contributed by atoms with E-state index in [0.717, 1.165) is 13.1 Å². The predicted octanol–water partition coefficient (Wildman–Crippen LogP) is 1.10.